The molecule has 68 valence electrons. The first-order valence-electron chi connectivity index (χ1n) is 2.44. The van der Waals surface area contributed by atoms with E-state index in [1.54, 1.807) is 0 Å². The minimum atomic E-state index is -0.363. The lowest BCUT2D eigenvalue weighted by molar-refractivity contribution is -0.997. The van der Waals surface area contributed by atoms with Crippen LogP contribution in [0, 0.1) is 4.91 Å². The summed E-state index contributed by atoms with van der Waals surface area (Å²) in [6.07, 6.45) is 0. The second kappa shape index (κ2) is 5.26. The summed E-state index contributed by atoms with van der Waals surface area (Å²) < 4.78 is 0. The third kappa shape index (κ3) is 6.70. The van der Waals surface area contributed by atoms with Gasteiger partial charge in [-0.25, -0.2) is 0 Å². The molecule has 0 saturated carbocycles. The predicted molar refractivity (Wildman–Crippen MR) is 45.6 cm³/mol. The van der Waals surface area contributed by atoms with Gasteiger partial charge < -0.3 is 11.5 Å². The number of nitrogens with two attached hydrogens (primary N) is 2. The summed E-state index contributed by atoms with van der Waals surface area (Å²) in [7, 11) is 0. The van der Waals surface area contributed by atoms with Crippen molar-refractivity contribution in [2.75, 3.05) is 0 Å². The van der Waals surface area contributed by atoms with Crippen LogP contribution < -0.4 is 22.4 Å². The van der Waals surface area contributed by atoms with Crippen LogP contribution in [-0.4, -0.2) is 15.3 Å². The van der Waals surface area contributed by atoms with E-state index in [9.17, 15) is 4.91 Å². The Morgan fingerprint density at radius 2 is 1.50 bits per heavy atom. The van der Waals surface area contributed by atoms with Gasteiger partial charge in [-0.15, -0.1) is 11.0 Å². The van der Waals surface area contributed by atoms with Crippen LogP contribution in [0.15, 0.2) is 0 Å². The zero-order valence-electron chi connectivity index (χ0n) is 5.64. The fourth-order valence-corrected chi connectivity index (χ4v) is 0.258. The molecule has 0 amide bonds. The summed E-state index contributed by atoms with van der Waals surface area (Å²) in [6, 6.07) is 0. The molecule has 0 fully saturated rings. The molecule has 10 heteroatoms. The van der Waals surface area contributed by atoms with Gasteiger partial charge in [0, 0.05) is 0 Å². The molecule has 0 spiro atoms. The monoisotopic (exact) mass is 212 g/mol. The number of hydrogen-bond donors (Lipinski definition) is 4. The average Bonchev–Trinajstić information content (AvgIpc) is 1.96. The number of nitrogens with one attached hydrogen (secondary N) is 2. The normalized spacial score (nSPS) is 8.00. The van der Waals surface area contributed by atoms with E-state index in [1.165, 1.54) is 0 Å². The summed E-state index contributed by atoms with van der Waals surface area (Å²) >= 11 is 8.60. The van der Waals surface area contributed by atoms with E-state index in [2.05, 4.69) is 34.3 Å². The van der Waals surface area contributed by atoms with E-state index >= 15 is 0 Å². The van der Waals surface area contributed by atoms with Crippen molar-refractivity contribution >= 4 is 34.7 Å². The number of thiocarbonyl (C=S) groups is 2. The maximum absolute atomic E-state index is 10.4. The van der Waals surface area contributed by atoms with Crippen molar-refractivity contribution in [1.82, 2.24) is 11.0 Å². The zero-order valence-corrected chi connectivity index (χ0v) is 7.28. The third-order valence-electron chi connectivity index (χ3n) is 0.442. The van der Waals surface area contributed by atoms with Crippen LogP contribution in [0.4, 0.5) is 0 Å². The van der Waals surface area contributed by atoms with E-state index in [0.717, 1.165) is 0 Å². The van der Waals surface area contributed by atoms with Gasteiger partial charge in [0.2, 0.25) is 10.2 Å². The minimum absolute atomic E-state index is 0.227. The highest BCUT2D eigenvalue weighted by molar-refractivity contribution is 7.80. The zero-order chi connectivity index (χ0) is 9.56. The first-order valence-corrected chi connectivity index (χ1v) is 3.26. The Morgan fingerprint density at radius 3 is 1.75 bits per heavy atom. The molecule has 0 aromatic carbocycles. The van der Waals surface area contributed by atoms with Crippen LogP contribution in [0.25, 0.3) is 0 Å². The minimum Gasteiger partial charge on any atom is -0.374 e. The van der Waals surface area contributed by atoms with Gasteiger partial charge in [-0.3, -0.25) is 0 Å². The summed E-state index contributed by atoms with van der Waals surface area (Å²) in [4.78, 5) is 18.4. The second-order valence-corrected chi connectivity index (χ2v) is 2.22. The Hall–Kier alpha value is -1.42. The summed E-state index contributed by atoms with van der Waals surface area (Å²) in [5.74, 6) is 0. The molecule has 0 aromatic heterocycles. The van der Waals surface area contributed by atoms with Crippen LogP contribution in [0.1, 0.15) is 0 Å². The van der Waals surface area contributed by atoms with Crippen LogP contribution in [-0.2, 0) is 9.88 Å². The van der Waals surface area contributed by atoms with Gasteiger partial charge in [0.15, 0.2) is 0 Å². The van der Waals surface area contributed by atoms with Crippen molar-refractivity contribution in [3.8, 4) is 0 Å². The van der Waals surface area contributed by atoms with E-state index in [4.69, 9.17) is 11.5 Å². The highest BCUT2D eigenvalue weighted by Crippen LogP contribution is 1.72. The molecule has 0 atom stereocenters. The molecule has 8 nitrogen and oxygen atoms in total. The van der Waals surface area contributed by atoms with E-state index in [0.29, 0.717) is 0 Å². The van der Waals surface area contributed by atoms with Gasteiger partial charge in [0.05, 0.1) is 0 Å². The van der Waals surface area contributed by atoms with Crippen LogP contribution in [0.5, 0.6) is 0 Å². The van der Waals surface area contributed by atoms with E-state index < -0.39 is 0 Å². The van der Waals surface area contributed by atoms with Crippen LogP contribution in [0.2, 0.25) is 0 Å². The molecule has 0 heterocycles. The number of hydroxylamine groups is 2. The van der Waals surface area contributed by atoms with Crippen molar-refractivity contribution in [1.29, 1.82) is 0 Å². The highest BCUT2D eigenvalue weighted by atomic mass is 32.1. The van der Waals surface area contributed by atoms with Crippen LogP contribution >= 0.6 is 24.4 Å². The largest absolute Gasteiger partial charge is 0.531 e. The fraction of sp³-hybridized carbons (Fsp3) is 0. The molecule has 0 aromatic rings. The molecule has 6 N–H and O–H groups in total. The summed E-state index contributed by atoms with van der Waals surface area (Å²) in [5.41, 5.74) is 13.5. The molecule has 0 rings (SSSR count). The fourth-order valence-electron chi connectivity index (χ4n) is 0.183. The van der Waals surface area contributed by atoms with E-state index in [1.807, 2.05) is 11.0 Å². The Bertz CT molecular complexity index is 187. The smallest absolute Gasteiger partial charge is 0.374 e. The van der Waals surface area contributed by atoms with Crippen molar-refractivity contribution in [3.05, 3.63) is 4.91 Å². The Labute approximate surface area is 77.5 Å². The summed E-state index contributed by atoms with van der Waals surface area (Å²) in [6.45, 7) is 0. The lowest BCUT2D eigenvalue weighted by Crippen LogP contribution is -2.37. The molecule has 0 aliphatic heterocycles. The topological polar surface area (TPSA) is 115 Å². The maximum Gasteiger partial charge on any atom is 0.531 e. The van der Waals surface area contributed by atoms with Crippen molar-refractivity contribution < 1.29 is 15.0 Å². The molecule has 0 radical (unpaired) electrons. The van der Waals surface area contributed by atoms with Gasteiger partial charge in [0.25, 0.3) is 0 Å². The number of rotatable bonds is 4. The van der Waals surface area contributed by atoms with Gasteiger partial charge in [-0.2, -0.15) is 0 Å². The lowest BCUT2D eigenvalue weighted by atomic mass is 11.2. The molecular formula is C2H6N5O3S2+. The van der Waals surface area contributed by atoms with E-state index in [-0.39, 0.29) is 15.3 Å². The molecule has 12 heavy (non-hydrogen) atoms. The Kier molecular flexibility index (Phi) is 4.64. The van der Waals surface area contributed by atoms with Crippen LogP contribution in [0.3, 0.4) is 0 Å². The lowest BCUT2D eigenvalue weighted by Gasteiger charge is -1.93. The number of nitrogens with zero attached hydrogens (tertiary/aromatic N) is 1. The maximum atomic E-state index is 10.4. The SMILES string of the molecule is NC(=S)NO[N+](=O)ONC(N)=S. The standard InChI is InChI=1S/C2H5N5O3S2/c3-1(11)5-9-7(8)10-6-2(4)12/h(H5-,3,4,5,6,11,12)/p+1. The van der Waals surface area contributed by atoms with Gasteiger partial charge >= 0.3 is 5.09 Å². The number of hydrogen-bond acceptors (Lipinski definition) is 5. The Balaban J connectivity index is 3.47. The van der Waals surface area contributed by atoms with Gasteiger partial charge in [-0.05, 0) is 34.3 Å². The first kappa shape index (κ1) is 10.6. The average molecular weight is 212 g/mol. The third-order valence-corrected chi connectivity index (χ3v) is 0.608. The molecule has 0 aliphatic rings. The van der Waals surface area contributed by atoms with Crippen molar-refractivity contribution in [2.45, 2.75) is 0 Å². The predicted octanol–water partition coefficient (Wildman–Crippen LogP) is -1.88. The molecule has 0 unspecified atom stereocenters. The second-order valence-electron chi connectivity index (χ2n) is 1.34. The van der Waals surface area contributed by atoms with Gasteiger partial charge in [0.1, 0.15) is 4.91 Å². The van der Waals surface area contributed by atoms with Crippen molar-refractivity contribution in [3.63, 3.8) is 0 Å². The first-order chi connectivity index (χ1) is 5.52. The Morgan fingerprint density at radius 1 is 1.17 bits per heavy atom. The highest BCUT2D eigenvalue weighted by Gasteiger charge is 2.13. The summed E-state index contributed by atoms with van der Waals surface area (Å²) in [5, 5.41) is -0.817. The molecule has 0 saturated heterocycles. The molecular weight excluding hydrogens is 206 g/mol. The van der Waals surface area contributed by atoms with Gasteiger partial charge in [-0.1, -0.05) is 0 Å². The molecule has 0 aliphatic carbocycles. The molecule has 0 bridgehead atoms. The quantitative estimate of drug-likeness (QED) is 0.314. The van der Waals surface area contributed by atoms with Crippen molar-refractivity contribution in [2.24, 2.45) is 11.5 Å².